The van der Waals surface area contributed by atoms with Crippen LogP contribution >= 0.6 is 0 Å². The van der Waals surface area contributed by atoms with Crippen LogP contribution in [0.1, 0.15) is 72.1 Å². The summed E-state index contributed by atoms with van der Waals surface area (Å²) in [7, 11) is 0. The first-order valence-electron chi connectivity index (χ1n) is 11.1. The number of aliphatic carboxylic acids is 1. The molecule has 8 heteroatoms. The topological polar surface area (TPSA) is 116 Å². The fourth-order valence-corrected chi connectivity index (χ4v) is 3.53. The molecule has 0 amide bonds. The molecule has 4 unspecified atom stereocenters. The Bertz CT molecular complexity index is 573. The van der Waals surface area contributed by atoms with Gasteiger partial charge in [-0.15, -0.1) is 0 Å². The molecule has 1 aliphatic rings. The molecule has 1 rings (SSSR count). The molecule has 0 heterocycles. The van der Waals surface area contributed by atoms with Crippen molar-refractivity contribution >= 4 is 23.9 Å². The molecule has 0 aromatic carbocycles. The molecule has 0 aromatic heterocycles. The molecule has 0 radical (unpaired) electrons. The number of carboxylic acid groups (broad SMARTS) is 1. The van der Waals surface area contributed by atoms with Gasteiger partial charge < -0.3 is 19.3 Å². The fourth-order valence-electron chi connectivity index (χ4n) is 3.53. The number of unbranched alkanes of at least 4 members (excludes halogenated alkanes) is 3. The van der Waals surface area contributed by atoms with Crippen LogP contribution in [0.2, 0.25) is 0 Å². The molecule has 0 aromatic rings. The van der Waals surface area contributed by atoms with Crippen LogP contribution in [0.5, 0.6) is 0 Å². The summed E-state index contributed by atoms with van der Waals surface area (Å²) >= 11 is 0. The van der Waals surface area contributed by atoms with Crippen LogP contribution < -0.4 is 0 Å². The van der Waals surface area contributed by atoms with Crippen molar-refractivity contribution in [1.82, 2.24) is 0 Å². The molecular weight excluding hydrogens is 392 g/mol. The highest BCUT2D eigenvalue weighted by Crippen LogP contribution is 2.40. The van der Waals surface area contributed by atoms with Crippen molar-refractivity contribution in [2.45, 2.75) is 72.1 Å². The number of ether oxygens (including phenoxy) is 3. The first-order valence-corrected chi connectivity index (χ1v) is 11.1. The highest BCUT2D eigenvalue weighted by Gasteiger charge is 2.50. The molecular formula is C22H36O8. The van der Waals surface area contributed by atoms with Crippen molar-refractivity contribution < 1.29 is 38.5 Å². The molecule has 0 saturated heterocycles. The first-order chi connectivity index (χ1) is 14.4. The lowest BCUT2D eigenvalue weighted by Gasteiger charge is -2.36. The summed E-state index contributed by atoms with van der Waals surface area (Å²) < 4.78 is 15.8. The van der Waals surface area contributed by atoms with E-state index in [0.29, 0.717) is 19.3 Å². The number of carboxylic acids is 1. The molecule has 30 heavy (non-hydrogen) atoms. The minimum Gasteiger partial charge on any atom is -0.481 e. The fraction of sp³-hybridized carbons (Fsp3) is 0.818. The van der Waals surface area contributed by atoms with Crippen molar-refractivity contribution in [2.24, 2.45) is 23.7 Å². The van der Waals surface area contributed by atoms with Crippen LogP contribution in [0.15, 0.2) is 0 Å². The van der Waals surface area contributed by atoms with E-state index in [2.05, 4.69) is 0 Å². The molecule has 0 bridgehead atoms. The average Bonchev–Trinajstić information content (AvgIpc) is 2.72. The molecule has 1 N–H and O–H groups in total. The van der Waals surface area contributed by atoms with Gasteiger partial charge >= 0.3 is 23.9 Å². The molecule has 4 atom stereocenters. The number of hydrogen-bond acceptors (Lipinski definition) is 7. The van der Waals surface area contributed by atoms with E-state index in [1.54, 1.807) is 0 Å². The summed E-state index contributed by atoms with van der Waals surface area (Å²) in [6.07, 6.45) is 4.30. The largest absolute Gasteiger partial charge is 0.481 e. The van der Waals surface area contributed by atoms with Crippen molar-refractivity contribution in [1.29, 1.82) is 0 Å². The monoisotopic (exact) mass is 428 g/mol. The predicted octanol–water partition coefficient (Wildman–Crippen LogP) is 3.36. The van der Waals surface area contributed by atoms with E-state index >= 15 is 0 Å². The maximum Gasteiger partial charge on any atom is 0.309 e. The molecule has 0 spiro atoms. The SMILES string of the molecule is CCCCOC(=O)C1CC(C(=O)OCCCC)C(C(=O)OCCCC)CC1C(=O)O. The Balaban J connectivity index is 3.01. The van der Waals surface area contributed by atoms with Gasteiger partial charge in [-0.1, -0.05) is 40.0 Å². The Kier molecular flexibility index (Phi) is 12.1. The van der Waals surface area contributed by atoms with E-state index in [9.17, 15) is 24.3 Å². The van der Waals surface area contributed by atoms with Crippen LogP contribution in [0.25, 0.3) is 0 Å². The van der Waals surface area contributed by atoms with Crippen LogP contribution in [0, 0.1) is 23.7 Å². The number of carbonyl (C=O) groups is 4. The summed E-state index contributed by atoms with van der Waals surface area (Å²) in [4.78, 5) is 49.7. The summed E-state index contributed by atoms with van der Waals surface area (Å²) in [5.74, 6) is -6.99. The lowest BCUT2D eigenvalue weighted by molar-refractivity contribution is -0.174. The van der Waals surface area contributed by atoms with Gasteiger partial charge in [0.2, 0.25) is 0 Å². The summed E-state index contributed by atoms with van der Waals surface area (Å²) in [6, 6.07) is 0. The Hall–Kier alpha value is -2.12. The van der Waals surface area contributed by atoms with Gasteiger partial charge in [0, 0.05) is 0 Å². The van der Waals surface area contributed by atoms with E-state index in [0.717, 1.165) is 19.3 Å². The Morgan fingerprint density at radius 1 is 0.633 bits per heavy atom. The molecule has 172 valence electrons. The minimum atomic E-state index is -1.18. The smallest absolute Gasteiger partial charge is 0.309 e. The van der Waals surface area contributed by atoms with Crippen LogP contribution in [0.3, 0.4) is 0 Å². The quantitative estimate of drug-likeness (QED) is 0.270. The second-order valence-electron chi connectivity index (χ2n) is 7.80. The maximum atomic E-state index is 12.7. The normalized spacial score (nSPS) is 23.4. The molecule has 0 aliphatic heterocycles. The van der Waals surface area contributed by atoms with Gasteiger partial charge in [-0.3, -0.25) is 19.2 Å². The third kappa shape index (κ3) is 7.95. The van der Waals surface area contributed by atoms with Crippen LogP contribution in [0.4, 0.5) is 0 Å². The van der Waals surface area contributed by atoms with Gasteiger partial charge in [-0.05, 0) is 32.1 Å². The van der Waals surface area contributed by atoms with Gasteiger partial charge in [0.05, 0.1) is 43.5 Å². The zero-order valence-corrected chi connectivity index (χ0v) is 18.4. The number of esters is 3. The van der Waals surface area contributed by atoms with Crippen molar-refractivity contribution in [3.63, 3.8) is 0 Å². The van der Waals surface area contributed by atoms with Gasteiger partial charge in [0.1, 0.15) is 0 Å². The zero-order valence-electron chi connectivity index (χ0n) is 18.4. The number of carbonyl (C=O) groups excluding carboxylic acids is 3. The lowest BCUT2D eigenvalue weighted by atomic mass is 9.68. The first kappa shape index (κ1) is 25.9. The van der Waals surface area contributed by atoms with Crippen LogP contribution in [-0.2, 0) is 33.4 Å². The van der Waals surface area contributed by atoms with E-state index in [-0.39, 0.29) is 32.7 Å². The molecule has 1 aliphatic carbocycles. The minimum absolute atomic E-state index is 0.0968. The predicted molar refractivity (Wildman–Crippen MR) is 108 cm³/mol. The molecule has 8 nitrogen and oxygen atoms in total. The van der Waals surface area contributed by atoms with Crippen molar-refractivity contribution in [3.05, 3.63) is 0 Å². The maximum absolute atomic E-state index is 12.7. The lowest BCUT2D eigenvalue weighted by Crippen LogP contribution is -2.46. The third-order valence-electron chi connectivity index (χ3n) is 5.44. The third-order valence-corrected chi connectivity index (χ3v) is 5.44. The van der Waals surface area contributed by atoms with Crippen molar-refractivity contribution in [3.8, 4) is 0 Å². The Morgan fingerprint density at radius 3 is 1.23 bits per heavy atom. The molecule has 1 fully saturated rings. The van der Waals surface area contributed by atoms with Crippen molar-refractivity contribution in [2.75, 3.05) is 19.8 Å². The summed E-state index contributed by atoms with van der Waals surface area (Å²) in [5, 5.41) is 9.66. The van der Waals surface area contributed by atoms with E-state index in [1.165, 1.54) is 0 Å². The second kappa shape index (κ2) is 14.0. The van der Waals surface area contributed by atoms with E-state index in [1.807, 2.05) is 20.8 Å². The highest BCUT2D eigenvalue weighted by molar-refractivity contribution is 5.87. The Labute approximate surface area is 178 Å². The zero-order chi connectivity index (χ0) is 22.5. The summed E-state index contributed by atoms with van der Waals surface area (Å²) in [6.45, 7) is 6.50. The van der Waals surface area contributed by atoms with E-state index in [4.69, 9.17) is 14.2 Å². The second-order valence-corrected chi connectivity index (χ2v) is 7.80. The van der Waals surface area contributed by atoms with Gasteiger partial charge in [0.25, 0.3) is 0 Å². The molecule has 1 saturated carbocycles. The average molecular weight is 429 g/mol. The Morgan fingerprint density at radius 2 is 0.933 bits per heavy atom. The van der Waals surface area contributed by atoms with Gasteiger partial charge in [-0.25, -0.2) is 0 Å². The highest BCUT2D eigenvalue weighted by atomic mass is 16.5. The summed E-state index contributed by atoms with van der Waals surface area (Å²) in [5.41, 5.74) is 0. The van der Waals surface area contributed by atoms with E-state index < -0.39 is 47.5 Å². The van der Waals surface area contributed by atoms with Gasteiger partial charge in [-0.2, -0.15) is 0 Å². The van der Waals surface area contributed by atoms with Gasteiger partial charge in [0.15, 0.2) is 0 Å². The van der Waals surface area contributed by atoms with Crippen LogP contribution in [-0.4, -0.2) is 48.8 Å². The number of rotatable bonds is 13. The number of hydrogen-bond donors (Lipinski definition) is 1. The standard InChI is InChI=1S/C22H36O8/c1-4-7-10-28-20(25)16-14-18(22(27)30-12-9-6-3)17(13-15(16)19(23)24)21(26)29-11-8-5-2/h15-18H,4-14H2,1-3H3,(H,23,24).